The van der Waals surface area contributed by atoms with Crippen LogP contribution < -0.4 is 11.1 Å². The van der Waals surface area contributed by atoms with Crippen molar-refractivity contribution >= 4 is 21.5 Å². The average Bonchev–Trinajstić information content (AvgIpc) is 2.37. The first kappa shape index (κ1) is 11.8. The Labute approximate surface area is 89.2 Å². The summed E-state index contributed by atoms with van der Waals surface area (Å²) >= 11 is 0. The van der Waals surface area contributed by atoms with Gasteiger partial charge >= 0.3 is 0 Å². The molecule has 0 unspecified atom stereocenters. The molecule has 1 heterocycles. The van der Waals surface area contributed by atoms with E-state index in [1.54, 1.807) is 6.92 Å². The number of nitrogens with zero attached hydrogens (tertiary/aromatic N) is 1. The summed E-state index contributed by atoms with van der Waals surface area (Å²) in [5, 5.41) is 2.97. The lowest BCUT2D eigenvalue weighted by molar-refractivity contribution is 0.600. The first-order valence-electron chi connectivity index (χ1n) is 4.62. The van der Waals surface area contributed by atoms with E-state index in [9.17, 15) is 8.42 Å². The smallest absolute Gasteiger partial charge is 0.168 e. The first-order valence-corrected chi connectivity index (χ1v) is 6.68. The van der Waals surface area contributed by atoms with Gasteiger partial charge in [0.2, 0.25) is 0 Å². The second-order valence-electron chi connectivity index (χ2n) is 3.49. The number of nitrogens with one attached hydrogen (secondary N) is 2. The minimum Gasteiger partial charge on any atom is -0.382 e. The Hall–Kier alpha value is -1.24. The molecule has 0 aliphatic rings. The number of nitrogen functional groups attached to an aromatic ring is 1. The molecule has 0 radical (unpaired) electrons. The Balaban J connectivity index is 2.35. The monoisotopic (exact) mass is 232 g/mol. The maximum atomic E-state index is 10.8. The molecule has 0 bridgehead atoms. The number of H-pyrrole nitrogens is 1. The number of imidazole rings is 1. The fourth-order valence-electron chi connectivity index (χ4n) is 1.19. The Kier molecular flexibility index (Phi) is 3.57. The number of hydrogen-bond acceptors (Lipinski definition) is 5. The summed E-state index contributed by atoms with van der Waals surface area (Å²) in [6.45, 7) is 2.35. The zero-order valence-corrected chi connectivity index (χ0v) is 9.69. The number of rotatable bonds is 5. The van der Waals surface area contributed by atoms with E-state index in [1.807, 2.05) is 0 Å². The number of sulfone groups is 1. The third-order valence-corrected chi connectivity index (χ3v) is 2.86. The molecule has 1 aromatic heterocycles. The highest BCUT2D eigenvalue weighted by atomic mass is 32.2. The normalized spacial score (nSPS) is 11.6. The van der Waals surface area contributed by atoms with E-state index >= 15 is 0 Å². The van der Waals surface area contributed by atoms with Crippen molar-refractivity contribution in [3.63, 3.8) is 0 Å². The van der Waals surface area contributed by atoms with Gasteiger partial charge in [-0.05, 0) is 13.3 Å². The summed E-state index contributed by atoms with van der Waals surface area (Å²) in [5.41, 5.74) is 5.61. The zero-order valence-electron chi connectivity index (χ0n) is 8.87. The van der Waals surface area contributed by atoms with Crippen molar-refractivity contribution in [2.75, 3.05) is 29.6 Å². The molecule has 7 heteroatoms. The van der Waals surface area contributed by atoms with Gasteiger partial charge in [-0.2, -0.15) is 0 Å². The Morgan fingerprint density at radius 2 is 2.20 bits per heavy atom. The van der Waals surface area contributed by atoms with Crippen LogP contribution in [0.1, 0.15) is 12.2 Å². The van der Waals surface area contributed by atoms with Crippen molar-refractivity contribution in [1.29, 1.82) is 0 Å². The molecule has 6 nitrogen and oxygen atoms in total. The average molecular weight is 232 g/mol. The van der Waals surface area contributed by atoms with Crippen LogP contribution in [-0.2, 0) is 9.84 Å². The van der Waals surface area contributed by atoms with Gasteiger partial charge in [-0.25, -0.2) is 13.4 Å². The second-order valence-corrected chi connectivity index (χ2v) is 5.75. The first-order chi connectivity index (χ1) is 6.88. The van der Waals surface area contributed by atoms with Crippen LogP contribution in [0.4, 0.5) is 11.6 Å². The van der Waals surface area contributed by atoms with Crippen molar-refractivity contribution < 1.29 is 8.42 Å². The molecule has 1 aromatic rings. The van der Waals surface area contributed by atoms with Crippen molar-refractivity contribution in [3.8, 4) is 0 Å². The van der Waals surface area contributed by atoms with Crippen LogP contribution in [0.15, 0.2) is 0 Å². The molecule has 0 atom stereocenters. The molecule has 0 amide bonds. The Morgan fingerprint density at radius 1 is 1.53 bits per heavy atom. The Bertz CT molecular complexity index is 424. The van der Waals surface area contributed by atoms with Gasteiger partial charge < -0.3 is 16.0 Å². The predicted molar refractivity (Wildman–Crippen MR) is 60.6 cm³/mol. The van der Waals surface area contributed by atoms with Crippen LogP contribution in [0.5, 0.6) is 0 Å². The molecule has 86 valence electrons. The van der Waals surface area contributed by atoms with Crippen LogP contribution in [0.3, 0.4) is 0 Å². The summed E-state index contributed by atoms with van der Waals surface area (Å²) in [7, 11) is -2.88. The summed E-state index contributed by atoms with van der Waals surface area (Å²) in [6.07, 6.45) is 1.77. The molecule has 0 aromatic carbocycles. The lowest BCUT2D eigenvalue weighted by Gasteiger charge is -2.02. The number of aromatic nitrogens is 2. The van der Waals surface area contributed by atoms with E-state index in [-0.39, 0.29) is 5.75 Å². The highest BCUT2D eigenvalue weighted by Crippen LogP contribution is 2.13. The van der Waals surface area contributed by atoms with Crippen LogP contribution in [0.25, 0.3) is 0 Å². The van der Waals surface area contributed by atoms with Gasteiger partial charge in [0.05, 0.1) is 5.75 Å². The molecule has 0 spiro atoms. The fourth-order valence-corrected chi connectivity index (χ4v) is 1.85. The molecule has 0 aliphatic heterocycles. The second kappa shape index (κ2) is 4.52. The third kappa shape index (κ3) is 4.20. The lowest BCUT2D eigenvalue weighted by atomic mass is 10.5. The third-order valence-electron chi connectivity index (χ3n) is 1.83. The van der Waals surface area contributed by atoms with Crippen molar-refractivity contribution in [2.24, 2.45) is 0 Å². The van der Waals surface area contributed by atoms with Crippen LogP contribution in [-0.4, -0.2) is 36.9 Å². The standard InChI is InChI=1S/C8H16N4O2S/c1-6-11-7(9)8(12-6)10-4-3-5-15(2,13)14/h10H,3-5,9H2,1-2H3,(H,11,12). The number of hydrogen-bond donors (Lipinski definition) is 3. The molecule has 15 heavy (non-hydrogen) atoms. The maximum absolute atomic E-state index is 10.8. The fraction of sp³-hybridized carbons (Fsp3) is 0.625. The van der Waals surface area contributed by atoms with Gasteiger partial charge in [0.15, 0.2) is 5.82 Å². The van der Waals surface area contributed by atoms with Gasteiger partial charge in [0.25, 0.3) is 0 Å². The quantitative estimate of drug-likeness (QED) is 0.627. The van der Waals surface area contributed by atoms with Gasteiger partial charge in [0.1, 0.15) is 21.5 Å². The van der Waals surface area contributed by atoms with Crippen LogP contribution >= 0.6 is 0 Å². The molecule has 0 saturated heterocycles. The van der Waals surface area contributed by atoms with E-state index in [0.29, 0.717) is 24.6 Å². The van der Waals surface area contributed by atoms with Gasteiger partial charge in [-0.3, -0.25) is 0 Å². The van der Waals surface area contributed by atoms with Gasteiger partial charge in [-0.15, -0.1) is 0 Å². The van der Waals surface area contributed by atoms with E-state index in [1.165, 1.54) is 6.26 Å². The summed E-state index contributed by atoms with van der Waals surface area (Å²) in [4.78, 5) is 6.95. The largest absolute Gasteiger partial charge is 0.382 e. The summed E-state index contributed by atoms with van der Waals surface area (Å²) < 4.78 is 21.7. The van der Waals surface area contributed by atoms with Crippen LogP contribution in [0, 0.1) is 6.92 Å². The molecule has 1 rings (SSSR count). The molecule has 0 fully saturated rings. The topological polar surface area (TPSA) is 101 Å². The van der Waals surface area contributed by atoms with Crippen molar-refractivity contribution in [3.05, 3.63) is 5.82 Å². The summed E-state index contributed by atoms with van der Waals surface area (Å²) in [5.74, 6) is 1.97. The zero-order chi connectivity index (χ0) is 11.5. The Morgan fingerprint density at radius 3 is 2.67 bits per heavy atom. The molecule has 4 N–H and O–H groups in total. The van der Waals surface area contributed by atoms with E-state index < -0.39 is 9.84 Å². The minimum absolute atomic E-state index is 0.170. The van der Waals surface area contributed by atoms with Crippen molar-refractivity contribution in [2.45, 2.75) is 13.3 Å². The van der Waals surface area contributed by atoms with E-state index in [4.69, 9.17) is 5.73 Å². The van der Waals surface area contributed by atoms with E-state index in [2.05, 4.69) is 15.3 Å². The predicted octanol–water partition coefficient (Wildman–Crippen LogP) is 0.147. The maximum Gasteiger partial charge on any atom is 0.168 e. The van der Waals surface area contributed by atoms with Crippen molar-refractivity contribution in [1.82, 2.24) is 9.97 Å². The van der Waals surface area contributed by atoms with Crippen LogP contribution in [0.2, 0.25) is 0 Å². The molecular formula is C8H16N4O2S. The number of aryl methyl sites for hydroxylation is 1. The molecule has 0 aliphatic carbocycles. The van der Waals surface area contributed by atoms with Gasteiger partial charge in [0, 0.05) is 12.8 Å². The molecular weight excluding hydrogens is 216 g/mol. The lowest BCUT2D eigenvalue weighted by Crippen LogP contribution is -2.10. The van der Waals surface area contributed by atoms with Gasteiger partial charge in [-0.1, -0.05) is 0 Å². The minimum atomic E-state index is -2.88. The number of nitrogens with two attached hydrogens (primary N) is 1. The molecule has 0 saturated carbocycles. The highest BCUT2D eigenvalue weighted by molar-refractivity contribution is 7.90. The van der Waals surface area contributed by atoms with E-state index in [0.717, 1.165) is 5.82 Å². The number of anilines is 2. The SMILES string of the molecule is Cc1nc(NCCCS(C)(=O)=O)c(N)[nH]1. The summed E-state index contributed by atoms with van der Waals surface area (Å²) in [6, 6.07) is 0. The number of aromatic amines is 1. The highest BCUT2D eigenvalue weighted by Gasteiger charge is 2.05.